The molecule has 0 saturated carbocycles. The van der Waals surface area contributed by atoms with Gasteiger partial charge in [0.2, 0.25) is 0 Å². The SMILES string of the molecule is COB(OC(C)(C)C(C)C)C1=CN=C(NSC)CC=C1. The van der Waals surface area contributed by atoms with Crippen LogP contribution in [0.25, 0.3) is 0 Å². The van der Waals surface area contributed by atoms with Gasteiger partial charge in [-0.05, 0) is 19.8 Å². The van der Waals surface area contributed by atoms with E-state index in [0.717, 1.165) is 17.7 Å². The second kappa shape index (κ2) is 7.91. The van der Waals surface area contributed by atoms with Crippen molar-refractivity contribution in [1.29, 1.82) is 0 Å². The smallest absolute Gasteiger partial charge is 0.410 e. The van der Waals surface area contributed by atoms with Gasteiger partial charge in [0.05, 0.1) is 5.60 Å². The van der Waals surface area contributed by atoms with Crippen molar-refractivity contribution in [3.05, 3.63) is 23.8 Å². The van der Waals surface area contributed by atoms with Crippen molar-refractivity contribution in [1.82, 2.24) is 4.72 Å². The molecule has 0 spiro atoms. The molecule has 1 N–H and O–H groups in total. The molecule has 0 fully saturated rings. The molecule has 0 atom stereocenters. The third-order valence-corrected chi connectivity index (χ3v) is 3.94. The molecule has 0 saturated heterocycles. The summed E-state index contributed by atoms with van der Waals surface area (Å²) < 4.78 is 14.7. The molecular formula is C14H25BN2O2S. The Labute approximate surface area is 127 Å². The van der Waals surface area contributed by atoms with Gasteiger partial charge in [-0.25, -0.2) is 4.99 Å². The first kappa shape index (κ1) is 17.3. The number of hydrogen-bond donors (Lipinski definition) is 1. The molecule has 0 radical (unpaired) electrons. The van der Waals surface area contributed by atoms with Gasteiger partial charge in [0.1, 0.15) is 5.84 Å². The summed E-state index contributed by atoms with van der Waals surface area (Å²) in [6.45, 7) is 8.44. The van der Waals surface area contributed by atoms with Gasteiger partial charge in [0.15, 0.2) is 0 Å². The minimum atomic E-state index is -0.402. The molecule has 1 aliphatic heterocycles. The summed E-state index contributed by atoms with van der Waals surface area (Å²) in [5.74, 6) is 1.33. The molecule has 20 heavy (non-hydrogen) atoms. The Morgan fingerprint density at radius 3 is 2.70 bits per heavy atom. The fourth-order valence-corrected chi connectivity index (χ4v) is 1.92. The summed E-state index contributed by atoms with van der Waals surface area (Å²) >= 11 is 1.54. The monoisotopic (exact) mass is 296 g/mol. The van der Waals surface area contributed by atoms with Gasteiger partial charge in [0, 0.05) is 31.5 Å². The Morgan fingerprint density at radius 1 is 1.45 bits per heavy atom. The van der Waals surface area contributed by atoms with E-state index in [1.807, 2.05) is 18.5 Å². The molecule has 112 valence electrons. The lowest BCUT2D eigenvalue weighted by Crippen LogP contribution is -2.40. The lowest BCUT2D eigenvalue weighted by atomic mass is 9.76. The molecule has 6 heteroatoms. The van der Waals surface area contributed by atoms with E-state index in [1.165, 1.54) is 0 Å². The van der Waals surface area contributed by atoms with Crippen LogP contribution in [0.15, 0.2) is 28.8 Å². The van der Waals surface area contributed by atoms with Crippen LogP contribution in [0.2, 0.25) is 0 Å². The second-order valence-electron chi connectivity index (χ2n) is 5.56. The molecule has 0 aromatic carbocycles. The van der Waals surface area contributed by atoms with Gasteiger partial charge in [0.25, 0.3) is 0 Å². The van der Waals surface area contributed by atoms with Gasteiger partial charge in [-0.3, -0.25) is 0 Å². The maximum atomic E-state index is 6.10. The number of aliphatic imine (C=N–C) groups is 1. The zero-order chi connectivity index (χ0) is 15.2. The van der Waals surface area contributed by atoms with Gasteiger partial charge in [-0.15, -0.1) is 0 Å². The van der Waals surface area contributed by atoms with Crippen molar-refractivity contribution >= 4 is 24.9 Å². The van der Waals surface area contributed by atoms with Crippen molar-refractivity contribution in [2.45, 2.75) is 39.7 Å². The average molecular weight is 296 g/mol. The van der Waals surface area contributed by atoms with Crippen LogP contribution in [-0.4, -0.2) is 31.9 Å². The predicted octanol–water partition coefficient (Wildman–Crippen LogP) is 3.22. The van der Waals surface area contributed by atoms with Crippen molar-refractivity contribution < 1.29 is 9.31 Å². The van der Waals surface area contributed by atoms with Crippen molar-refractivity contribution in [2.24, 2.45) is 10.9 Å². The summed E-state index contributed by atoms with van der Waals surface area (Å²) in [4.78, 5) is 4.44. The maximum absolute atomic E-state index is 6.10. The van der Waals surface area contributed by atoms with Crippen molar-refractivity contribution in [3.8, 4) is 0 Å². The highest BCUT2D eigenvalue weighted by molar-refractivity contribution is 7.97. The minimum absolute atomic E-state index is 0.258. The van der Waals surface area contributed by atoms with Crippen LogP contribution in [-0.2, 0) is 9.31 Å². The lowest BCUT2D eigenvalue weighted by Gasteiger charge is -2.32. The second-order valence-corrected chi connectivity index (χ2v) is 6.17. The van der Waals surface area contributed by atoms with Gasteiger partial charge in [-0.2, -0.15) is 0 Å². The first-order chi connectivity index (χ1) is 9.40. The van der Waals surface area contributed by atoms with Crippen LogP contribution >= 0.6 is 11.9 Å². The summed E-state index contributed by atoms with van der Waals surface area (Å²) in [5, 5.41) is 0. The van der Waals surface area contributed by atoms with Gasteiger partial charge in [-0.1, -0.05) is 37.9 Å². The Kier molecular flexibility index (Phi) is 6.85. The van der Waals surface area contributed by atoms with Crippen LogP contribution < -0.4 is 4.72 Å². The largest absolute Gasteiger partial charge is 0.495 e. The van der Waals surface area contributed by atoms with Crippen LogP contribution in [0, 0.1) is 5.92 Å². The molecule has 0 unspecified atom stereocenters. The molecule has 0 aliphatic carbocycles. The fraction of sp³-hybridized carbons (Fsp3) is 0.643. The van der Waals surface area contributed by atoms with E-state index in [0.29, 0.717) is 5.92 Å². The number of hydrogen-bond acceptors (Lipinski definition) is 5. The molecule has 1 heterocycles. The number of rotatable bonds is 6. The first-order valence-corrected chi connectivity index (χ1v) is 8.06. The van der Waals surface area contributed by atoms with E-state index < -0.39 is 7.12 Å². The highest BCUT2D eigenvalue weighted by Gasteiger charge is 2.32. The lowest BCUT2D eigenvalue weighted by molar-refractivity contribution is 0.0358. The van der Waals surface area contributed by atoms with Gasteiger partial charge >= 0.3 is 7.12 Å². The summed E-state index contributed by atoms with van der Waals surface area (Å²) in [6.07, 6.45) is 8.66. The highest BCUT2D eigenvalue weighted by Crippen LogP contribution is 2.24. The fourth-order valence-electron chi connectivity index (χ4n) is 1.54. The predicted molar refractivity (Wildman–Crippen MR) is 88.7 cm³/mol. The Morgan fingerprint density at radius 2 is 2.15 bits per heavy atom. The normalized spacial score (nSPS) is 15.8. The van der Waals surface area contributed by atoms with E-state index >= 15 is 0 Å². The molecule has 4 nitrogen and oxygen atoms in total. The number of nitrogens with zero attached hydrogens (tertiary/aromatic N) is 1. The molecule has 0 bridgehead atoms. The Hall–Kier alpha value is -0.715. The zero-order valence-electron chi connectivity index (χ0n) is 13.3. The third-order valence-electron chi connectivity index (χ3n) is 3.50. The Bertz CT molecular complexity index is 406. The van der Waals surface area contributed by atoms with Crippen molar-refractivity contribution in [3.63, 3.8) is 0 Å². The first-order valence-electron chi connectivity index (χ1n) is 6.83. The Balaban J connectivity index is 2.84. The quantitative estimate of drug-likeness (QED) is 0.603. The van der Waals surface area contributed by atoms with Crippen molar-refractivity contribution in [2.75, 3.05) is 13.4 Å². The van der Waals surface area contributed by atoms with E-state index in [1.54, 1.807) is 19.1 Å². The topological polar surface area (TPSA) is 42.9 Å². The van der Waals surface area contributed by atoms with E-state index in [9.17, 15) is 0 Å². The van der Waals surface area contributed by atoms with Crippen LogP contribution in [0.1, 0.15) is 34.1 Å². The summed E-state index contributed by atoms with van der Waals surface area (Å²) in [6, 6.07) is 0. The summed E-state index contributed by atoms with van der Waals surface area (Å²) in [5.41, 5.74) is 0.672. The van der Waals surface area contributed by atoms with E-state index in [2.05, 4.69) is 43.5 Å². The number of allylic oxidation sites excluding steroid dienone is 2. The minimum Gasteiger partial charge on any atom is -0.410 e. The van der Waals surface area contributed by atoms with Crippen LogP contribution in [0.5, 0.6) is 0 Å². The standard InChI is InChI=1S/C14H25BN2O2S/c1-11(2)14(3,4)19-15(18-5)12-8-7-9-13(16-10-12)17-20-6/h7-8,10-11H,9H2,1-6H3,(H,16,17). The maximum Gasteiger partial charge on any atom is 0.495 e. The van der Waals surface area contributed by atoms with Gasteiger partial charge < -0.3 is 14.0 Å². The highest BCUT2D eigenvalue weighted by atomic mass is 32.2. The van der Waals surface area contributed by atoms with Crippen LogP contribution in [0.3, 0.4) is 0 Å². The molecule has 0 amide bonds. The number of amidine groups is 1. The third kappa shape index (κ3) is 5.00. The summed E-state index contributed by atoms with van der Waals surface area (Å²) in [7, 11) is 1.26. The molecule has 1 aliphatic rings. The average Bonchev–Trinajstić information content (AvgIpc) is 2.62. The molecular weight excluding hydrogens is 271 g/mol. The van der Waals surface area contributed by atoms with E-state index in [4.69, 9.17) is 9.31 Å². The van der Waals surface area contributed by atoms with E-state index in [-0.39, 0.29) is 5.60 Å². The number of nitrogens with one attached hydrogen (secondary N) is 1. The zero-order valence-corrected chi connectivity index (χ0v) is 14.1. The molecule has 1 rings (SSSR count). The molecule has 0 aromatic rings. The van der Waals surface area contributed by atoms with Crippen LogP contribution in [0.4, 0.5) is 0 Å². The molecule has 0 aromatic heterocycles.